The highest BCUT2D eigenvalue weighted by Gasteiger charge is 2.08. The van der Waals surface area contributed by atoms with Gasteiger partial charge in [0.25, 0.3) is 0 Å². The summed E-state index contributed by atoms with van der Waals surface area (Å²) in [6.45, 7) is 0. The molecule has 74 valence electrons. The Hall–Kier alpha value is -0.160. The van der Waals surface area contributed by atoms with Gasteiger partial charge < -0.3 is 8.83 Å². The van der Waals surface area contributed by atoms with E-state index >= 15 is 0 Å². The zero-order chi connectivity index (χ0) is 9.97. The van der Waals surface area contributed by atoms with Gasteiger partial charge in [-0.2, -0.15) is 0 Å². The first-order valence-electron chi connectivity index (χ1n) is 3.55. The summed E-state index contributed by atoms with van der Waals surface area (Å²) in [6, 6.07) is 0. The standard InChI is InChI=1S/C8H4Cl2O2S2/c9-5-1-11-3-7(5)13-14-8-4-12-2-6(8)10/h1-4H. The predicted octanol–water partition coefficient (Wildman–Crippen LogP) is 4.98. The maximum atomic E-state index is 5.84. The molecule has 0 aliphatic rings. The largest absolute Gasteiger partial charge is 0.470 e. The summed E-state index contributed by atoms with van der Waals surface area (Å²) in [5, 5.41) is 1.20. The lowest BCUT2D eigenvalue weighted by Gasteiger charge is -1.94. The average molecular weight is 267 g/mol. The number of hydrogen-bond donors (Lipinski definition) is 0. The molecule has 6 heteroatoms. The Morgan fingerprint density at radius 2 is 1.21 bits per heavy atom. The monoisotopic (exact) mass is 266 g/mol. The van der Waals surface area contributed by atoms with E-state index in [0.717, 1.165) is 9.79 Å². The average Bonchev–Trinajstić information content (AvgIpc) is 2.72. The van der Waals surface area contributed by atoms with E-state index in [1.54, 1.807) is 12.5 Å². The predicted molar refractivity (Wildman–Crippen MR) is 59.2 cm³/mol. The summed E-state index contributed by atoms with van der Waals surface area (Å²) < 4.78 is 9.85. The molecule has 2 heterocycles. The molecular formula is C8H4Cl2O2S2. The van der Waals surface area contributed by atoms with Crippen molar-refractivity contribution in [3.63, 3.8) is 0 Å². The van der Waals surface area contributed by atoms with Crippen LogP contribution in [0.1, 0.15) is 0 Å². The zero-order valence-electron chi connectivity index (χ0n) is 6.70. The molecule has 0 aromatic carbocycles. The lowest BCUT2D eigenvalue weighted by molar-refractivity contribution is 0.561. The van der Waals surface area contributed by atoms with Gasteiger partial charge in [-0.05, 0) is 21.6 Å². The van der Waals surface area contributed by atoms with Crippen molar-refractivity contribution < 1.29 is 8.83 Å². The van der Waals surface area contributed by atoms with E-state index in [1.165, 1.54) is 34.1 Å². The van der Waals surface area contributed by atoms with E-state index in [0.29, 0.717) is 10.0 Å². The van der Waals surface area contributed by atoms with Gasteiger partial charge in [0.05, 0.1) is 19.8 Å². The molecule has 0 atom stereocenters. The van der Waals surface area contributed by atoms with Crippen LogP contribution in [0.2, 0.25) is 10.0 Å². The number of halogens is 2. The summed E-state index contributed by atoms with van der Waals surface area (Å²) >= 11 is 11.7. The third-order valence-corrected chi connectivity index (χ3v) is 4.60. The van der Waals surface area contributed by atoms with Crippen molar-refractivity contribution >= 4 is 44.8 Å². The highest BCUT2D eigenvalue weighted by atomic mass is 35.5. The van der Waals surface area contributed by atoms with Gasteiger partial charge in [0.1, 0.15) is 25.1 Å². The van der Waals surface area contributed by atoms with Gasteiger partial charge in [-0.1, -0.05) is 23.2 Å². The molecule has 0 aliphatic heterocycles. The minimum Gasteiger partial charge on any atom is -0.470 e. The van der Waals surface area contributed by atoms with Crippen molar-refractivity contribution in [2.24, 2.45) is 0 Å². The fourth-order valence-corrected chi connectivity index (χ4v) is 3.38. The summed E-state index contributed by atoms with van der Waals surface area (Å²) in [5.74, 6) is 0. The molecule has 0 aliphatic carbocycles. The topological polar surface area (TPSA) is 26.3 Å². The highest BCUT2D eigenvalue weighted by molar-refractivity contribution is 8.76. The second-order valence-corrected chi connectivity index (χ2v) is 5.36. The van der Waals surface area contributed by atoms with Crippen LogP contribution >= 0.6 is 44.8 Å². The van der Waals surface area contributed by atoms with E-state index in [-0.39, 0.29) is 0 Å². The van der Waals surface area contributed by atoms with Crippen LogP contribution in [0.5, 0.6) is 0 Å². The molecule has 0 bridgehead atoms. The molecule has 2 aromatic rings. The first-order valence-corrected chi connectivity index (χ1v) is 6.46. The number of hydrogen-bond acceptors (Lipinski definition) is 4. The Bertz CT molecular complexity index is 384. The molecular weight excluding hydrogens is 263 g/mol. The normalized spacial score (nSPS) is 10.7. The zero-order valence-corrected chi connectivity index (χ0v) is 9.84. The van der Waals surface area contributed by atoms with Gasteiger partial charge in [-0.25, -0.2) is 0 Å². The van der Waals surface area contributed by atoms with Gasteiger partial charge in [-0.3, -0.25) is 0 Å². The van der Waals surface area contributed by atoms with Crippen LogP contribution in [-0.2, 0) is 0 Å². The minimum absolute atomic E-state index is 0.599. The van der Waals surface area contributed by atoms with Crippen LogP contribution in [0.4, 0.5) is 0 Å². The fourth-order valence-electron chi connectivity index (χ4n) is 0.749. The van der Waals surface area contributed by atoms with Gasteiger partial charge in [0, 0.05) is 0 Å². The molecule has 0 amide bonds. The van der Waals surface area contributed by atoms with Crippen molar-refractivity contribution in [1.29, 1.82) is 0 Å². The van der Waals surface area contributed by atoms with Gasteiger partial charge in [0.15, 0.2) is 0 Å². The molecule has 0 saturated carbocycles. The first kappa shape index (κ1) is 10.4. The molecule has 2 aromatic heterocycles. The van der Waals surface area contributed by atoms with Gasteiger partial charge in [-0.15, -0.1) is 0 Å². The van der Waals surface area contributed by atoms with E-state index in [4.69, 9.17) is 32.0 Å². The molecule has 2 nitrogen and oxygen atoms in total. The van der Waals surface area contributed by atoms with Crippen LogP contribution in [0.3, 0.4) is 0 Å². The SMILES string of the molecule is Clc1cocc1SSc1cocc1Cl. The third-order valence-electron chi connectivity index (χ3n) is 1.39. The summed E-state index contributed by atoms with van der Waals surface area (Å²) in [7, 11) is 2.94. The Balaban J connectivity index is 2.02. The van der Waals surface area contributed by atoms with Crippen molar-refractivity contribution in [2.45, 2.75) is 9.79 Å². The molecule has 0 N–H and O–H groups in total. The van der Waals surface area contributed by atoms with Crippen molar-refractivity contribution in [3.05, 3.63) is 35.1 Å². The smallest absolute Gasteiger partial charge is 0.110 e. The Morgan fingerprint density at radius 3 is 1.50 bits per heavy atom. The van der Waals surface area contributed by atoms with Crippen molar-refractivity contribution in [2.75, 3.05) is 0 Å². The second-order valence-electron chi connectivity index (χ2n) is 2.33. The quantitative estimate of drug-likeness (QED) is 0.732. The van der Waals surface area contributed by atoms with Crippen molar-refractivity contribution in [3.8, 4) is 0 Å². The van der Waals surface area contributed by atoms with E-state index in [2.05, 4.69) is 0 Å². The lowest BCUT2D eigenvalue weighted by Crippen LogP contribution is -1.62. The van der Waals surface area contributed by atoms with Crippen LogP contribution < -0.4 is 0 Å². The van der Waals surface area contributed by atoms with Gasteiger partial charge >= 0.3 is 0 Å². The Labute approximate surface area is 98.3 Å². The molecule has 0 unspecified atom stereocenters. The van der Waals surface area contributed by atoms with Crippen LogP contribution in [-0.4, -0.2) is 0 Å². The molecule has 14 heavy (non-hydrogen) atoms. The molecule has 0 spiro atoms. The van der Waals surface area contributed by atoms with Crippen LogP contribution in [0, 0.1) is 0 Å². The third kappa shape index (κ3) is 2.25. The van der Waals surface area contributed by atoms with Crippen LogP contribution in [0.15, 0.2) is 43.7 Å². The molecule has 0 saturated heterocycles. The second kappa shape index (κ2) is 4.57. The van der Waals surface area contributed by atoms with E-state index in [9.17, 15) is 0 Å². The van der Waals surface area contributed by atoms with Crippen LogP contribution in [0.25, 0.3) is 0 Å². The molecule has 0 radical (unpaired) electrons. The Kier molecular flexibility index (Phi) is 3.38. The Morgan fingerprint density at radius 1 is 0.786 bits per heavy atom. The van der Waals surface area contributed by atoms with E-state index in [1.807, 2.05) is 0 Å². The number of rotatable bonds is 3. The summed E-state index contributed by atoms with van der Waals surface area (Å²) in [6.07, 6.45) is 6.16. The molecule has 0 fully saturated rings. The van der Waals surface area contributed by atoms with E-state index < -0.39 is 0 Å². The maximum Gasteiger partial charge on any atom is 0.110 e. The fraction of sp³-hybridized carbons (Fsp3) is 0. The first-order chi connectivity index (χ1) is 6.77. The maximum absolute atomic E-state index is 5.84. The van der Waals surface area contributed by atoms with Gasteiger partial charge in [0.2, 0.25) is 0 Å². The lowest BCUT2D eigenvalue weighted by atomic mass is 10.7. The highest BCUT2D eigenvalue weighted by Crippen LogP contribution is 2.43. The summed E-state index contributed by atoms with van der Waals surface area (Å²) in [4.78, 5) is 1.74. The van der Waals surface area contributed by atoms with Crippen molar-refractivity contribution in [1.82, 2.24) is 0 Å². The minimum atomic E-state index is 0.599. The summed E-state index contributed by atoms with van der Waals surface area (Å²) in [5.41, 5.74) is 0. The number of furan rings is 2. The molecule has 2 rings (SSSR count).